The number of fused-ring (bicyclic) bond motifs is 1. The molecule has 1 aromatic carbocycles. The number of benzene rings is 1. The standard InChI is InChI=1S/C20H18ClN5O3S/c1-11-8-12(2)26(23-11)10-25-7-6-15(24-25)19(27)22-13-4-5-14-16(9-13)30-18(17(14)21)20(28)29-3/h4-9H,10H2,1-3H3,(H,22,27). The highest BCUT2D eigenvalue weighted by molar-refractivity contribution is 7.21. The van der Waals surface area contributed by atoms with Gasteiger partial charge >= 0.3 is 5.97 Å². The molecule has 3 heterocycles. The van der Waals surface area contributed by atoms with Crippen molar-refractivity contribution < 1.29 is 14.3 Å². The molecule has 0 spiro atoms. The Morgan fingerprint density at radius 2 is 2.00 bits per heavy atom. The van der Waals surface area contributed by atoms with E-state index in [9.17, 15) is 9.59 Å². The minimum atomic E-state index is -0.486. The van der Waals surface area contributed by atoms with Crippen LogP contribution in [0.25, 0.3) is 10.1 Å². The summed E-state index contributed by atoms with van der Waals surface area (Å²) < 4.78 is 8.99. The molecule has 0 aliphatic heterocycles. The average Bonchev–Trinajstić information content (AvgIpc) is 3.39. The minimum Gasteiger partial charge on any atom is -0.465 e. The van der Waals surface area contributed by atoms with Crippen LogP contribution in [-0.4, -0.2) is 38.5 Å². The van der Waals surface area contributed by atoms with Gasteiger partial charge in [0.25, 0.3) is 5.91 Å². The van der Waals surface area contributed by atoms with Crippen LogP contribution in [0.15, 0.2) is 36.5 Å². The van der Waals surface area contributed by atoms with Gasteiger partial charge < -0.3 is 10.1 Å². The first-order valence-electron chi connectivity index (χ1n) is 9.02. The molecule has 30 heavy (non-hydrogen) atoms. The Kier molecular flexibility index (Phi) is 5.31. The number of methoxy groups -OCH3 is 1. The van der Waals surface area contributed by atoms with Gasteiger partial charge in [0.2, 0.25) is 0 Å². The number of thiophene rings is 1. The fraction of sp³-hybridized carbons (Fsp3) is 0.200. The van der Waals surface area contributed by atoms with E-state index in [4.69, 9.17) is 16.3 Å². The molecular formula is C20H18ClN5O3S. The van der Waals surface area contributed by atoms with E-state index in [2.05, 4.69) is 15.5 Å². The molecule has 8 nitrogen and oxygen atoms in total. The molecule has 0 unspecified atom stereocenters. The Hall–Kier alpha value is -3.17. The second-order valence-corrected chi connectivity index (χ2v) is 8.14. The maximum atomic E-state index is 12.6. The lowest BCUT2D eigenvalue weighted by molar-refractivity contribution is 0.0606. The van der Waals surface area contributed by atoms with Crippen molar-refractivity contribution in [3.8, 4) is 0 Å². The Bertz CT molecular complexity index is 1270. The molecule has 154 valence electrons. The van der Waals surface area contributed by atoms with Crippen molar-refractivity contribution in [1.82, 2.24) is 19.6 Å². The SMILES string of the molecule is COC(=O)c1sc2cc(NC(=O)c3ccn(Cn4nc(C)cc4C)n3)ccc2c1Cl. The first kappa shape index (κ1) is 20.1. The van der Waals surface area contributed by atoms with Crippen molar-refractivity contribution in [3.63, 3.8) is 0 Å². The lowest BCUT2D eigenvalue weighted by atomic mass is 10.2. The van der Waals surface area contributed by atoms with Gasteiger partial charge in [0, 0.05) is 27.7 Å². The number of nitrogens with zero attached hydrogens (tertiary/aromatic N) is 4. The molecule has 0 fully saturated rings. The largest absolute Gasteiger partial charge is 0.465 e. The monoisotopic (exact) mass is 443 g/mol. The third-order valence-electron chi connectivity index (χ3n) is 4.51. The summed E-state index contributed by atoms with van der Waals surface area (Å²) in [5, 5.41) is 12.6. The number of aromatic nitrogens is 4. The Labute approximate surface area is 181 Å². The highest BCUT2D eigenvalue weighted by Crippen LogP contribution is 2.37. The second-order valence-electron chi connectivity index (χ2n) is 6.71. The van der Waals surface area contributed by atoms with E-state index in [1.807, 2.05) is 24.6 Å². The summed E-state index contributed by atoms with van der Waals surface area (Å²) in [5.41, 5.74) is 2.81. The lowest BCUT2D eigenvalue weighted by Gasteiger charge is -2.05. The third-order valence-corrected chi connectivity index (χ3v) is 6.15. The fourth-order valence-electron chi connectivity index (χ4n) is 3.08. The summed E-state index contributed by atoms with van der Waals surface area (Å²) >= 11 is 7.48. The molecule has 1 N–H and O–H groups in total. The molecule has 0 atom stereocenters. The van der Waals surface area contributed by atoms with Gasteiger partial charge in [0.1, 0.15) is 11.5 Å². The van der Waals surface area contributed by atoms with Crippen LogP contribution in [0.1, 0.15) is 31.5 Å². The molecule has 3 aromatic heterocycles. The van der Waals surface area contributed by atoms with Crippen molar-refractivity contribution in [1.29, 1.82) is 0 Å². The van der Waals surface area contributed by atoms with Crippen molar-refractivity contribution in [3.05, 3.63) is 63.5 Å². The van der Waals surface area contributed by atoms with E-state index in [0.717, 1.165) is 21.5 Å². The Morgan fingerprint density at radius 3 is 2.70 bits per heavy atom. The number of carbonyl (C=O) groups excluding carboxylic acids is 2. The number of amides is 1. The van der Waals surface area contributed by atoms with E-state index in [0.29, 0.717) is 22.3 Å². The molecule has 0 saturated carbocycles. The van der Waals surface area contributed by atoms with Gasteiger partial charge in [-0.3, -0.25) is 9.48 Å². The molecule has 0 saturated heterocycles. The van der Waals surface area contributed by atoms with Crippen LogP contribution >= 0.6 is 22.9 Å². The maximum absolute atomic E-state index is 12.6. The number of carbonyl (C=O) groups is 2. The van der Waals surface area contributed by atoms with Gasteiger partial charge in [0.05, 0.1) is 17.8 Å². The molecule has 4 aromatic rings. The highest BCUT2D eigenvalue weighted by Gasteiger charge is 2.18. The topological polar surface area (TPSA) is 91.0 Å². The molecule has 0 radical (unpaired) electrons. The van der Waals surface area contributed by atoms with E-state index in [-0.39, 0.29) is 11.6 Å². The van der Waals surface area contributed by atoms with Gasteiger partial charge in [-0.2, -0.15) is 10.2 Å². The summed E-state index contributed by atoms with van der Waals surface area (Å²) in [7, 11) is 1.31. The van der Waals surface area contributed by atoms with Gasteiger partial charge in [0.15, 0.2) is 5.69 Å². The predicted octanol–water partition coefficient (Wildman–Crippen LogP) is 4.11. The van der Waals surface area contributed by atoms with Crippen LogP contribution in [0.3, 0.4) is 0 Å². The van der Waals surface area contributed by atoms with Crippen LogP contribution in [0.5, 0.6) is 0 Å². The predicted molar refractivity (Wildman–Crippen MR) is 115 cm³/mol. The van der Waals surface area contributed by atoms with Crippen molar-refractivity contribution >= 4 is 50.6 Å². The number of hydrogen-bond donors (Lipinski definition) is 1. The second kappa shape index (κ2) is 7.92. The third kappa shape index (κ3) is 3.81. The number of hydrogen-bond acceptors (Lipinski definition) is 6. The fourth-order valence-corrected chi connectivity index (χ4v) is 4.54. The van der Waals surface area contributed by atoms with Crippen LogP contribution in [-0.2, 0) is 11.4 Å². The number of esters is 1. The first-order valence-corrected chi connectivity index (χ1v) is 10.2. The van der Waals surface area contributed by atoms with E-state index in [1.54, 1.807) is 35.1 Å². The van der Waals surface area contributed by atoms with Crippen molar-refractivity contribution in [2.75, 3.05) is 12.4 Å². The summed E-state index contributed by atoms with van der Waals surface area (Å²) in [5.74, 6) is -0.822. The number of anilines is 1. The zero-order chi connectivity index (χ0) is 21.4. The van der Waals surface area contributed by atoms with Crippen LogP contribution in [0.2, 0.25) is 5.02 Å². The molecule has 10 heteroatoms. The summed E-state index contributed by atoms with van der Waals surface area (Å²) in [6.45, 7) is 4.32. The maximum Gasteiger partial charge on any atom is 0.349 e. The van der Waals surface area contributed by atoms with Crippen LogP contribution in [0, 0.1) is 13.8 Å². The quantitative estimate of drug-likeness (QED) is 0.469. The van der Waals surface area contributed by atoms with Gasteiger partial charge in [-0.05, 0) is 44.2 Å². The summed E-state index contributed by atoms with van der Waals surface area (Å²) in [6.07, 6.45) is 1.73. The van der Waals surface area contributed by atoms with Gasteiger partial charge in [-0.15, -0.1) is 11.3 Å². The number of halogens is 1. The number of nitrogens with one attached hydrogen (secondary N) is 1. The van der Waals surface area contributed by atoms with Crippen molar-refractivity contribution in [2.45, 2.75) is 20.5 Å². The van der Waals surface area contributed by atoms with Crippen LogP contribution < -0.4 is 5.32 Å². The van der Waals surface area contributed by atoms with Gasteiger partial charge in [-0.25, -0.2) is 9.48 Å². The molecule has 0 aliphatic rings. The lowest BCUT2D eigenvalue weighted by Crippen LogP contribution is -2.15. The Morgan fingerprint density at radius 1 is 1.20 bits per heavy atom. The summed E-state index contributed by atoms with van der Waals surface area (Å²) in [6, 6.07) is 8.89. The minimum absolute atomic E-state index is 0.288. The van der Waals surface area contributed by atoms with Crippen molar-refractivity contribution in [2.24, 2.45) is 0 Å². The molecule has 4 rings (SSSR count). The number of aryl methyl sites for hydroxylation is 2. The van der Waals surface area contributed by atoms with E-state index >= 15 is 0 Å². The first-order chi connectivity index (χ1) is 14.4. The average molecular weight is 444 g/mol. The normalized spacial score (nSPS) is 11.1. The molecule has 0 bridgehead atoms. The van der Waals surface area contributed by atoms with Crippen LogP contribution in [0.4, 0.5) is 5.69 Å². The van der Waals surface area contributed by atoms with E-state index < -0.39 is 5.97 Å². The molecule has 0 aliphatic carbocycles. The van der Waals surface area contributed by atoms with Gasteiger partial charge in [-0.1, -0.05) is 11.6 Å². The Balaban J connectivity index is 1.51. The zero-order valence-corrected chi connectivity index (χ0v) is 18.0. The smallest absolute Gasteiger partial charge is 0.349 e. The highest BCUT2D eigenvalue weighted by atomic mass is 35.5. The molecule has 1 amide bonds. The summed E-state index contributed by atoms with van der Waals surface area (Å²) in [4.78, 5) is 24.8. The van der Waals surface area contributed by atoms with E-state index in [1.165, 1.54) is 18.4 Å². The zero-order valence-electron chi connectivity index (χ0n) is 16.5. The number of rotatable bonds is 5. The molecular weight excluding hydrogens is 426 g/mol. The number of ether oxygens (including phenoxy) is 1.